The van der Waals surface area contributed by atoms with E-state index in [0.29, 0.717) is 5.56 Å². The summed E-state index contributed by atoms with van der Waals surface area (Å²) >= 11 is 0. The first-order chi connectivity index (χ1) is 11.2. The van der Waals surface area contributed by atoms with E-state index < -0.39 is 10.1 Å². The fourth-order valence-electron chi connectivity index (χ4n) is 1.64. The molecule has 0 heterocycles. The Labute approximate surface area is 140 Å². The maximum atomic E-state index is 9.71. The summed E-state index contributed by atoms with van der Waals surface area (Å²) in [6.45, 7) is -0.0289. The van der Waals surface area contributed by atoms with Crippen LogP contribution in [0.1, 0.15) is 11.1 Å². The lowest BCUT2D eigenvalue weighted by atomic mass is 10.1. The van der Waals surface area contributed by atoms with Gasteiger partial charge in [0.1, 0.15) is 17.2 Å². The predicted octanol–water partition coefficient (Wildman–Crippen LogP) is 1.81. The summed E-state index contributed by atoms with van der Waals surface area (Å²) in [4.78, 5) is 0. The molecule has 0 aliphatic carbocycles. The van der Waals surface area contributed by atoms with E-state index in [1.807, 2.05) is 6.08 Å². The van der Waals surface area contributed by atoms with Crippen LogP contribution < -0.4 is 5.73 Å². The molecule has 0 aliphatic rings. The first-order valence-corrected chi connectivity index (χ1v) is 8.46. The van der Waals surface area contributed by atoms with E-state index in [1.165, 1.54) is 6.07 Å². The molecule has 0 unspecified atom stereocenters. The molecular formula is C16H19NO6S. The number of nitrogens with two attached hydrogens (primary N) is 1. The Morgan fingerprint density at radius 3 is 1.75 bits per heavy atom. The lowest BCUT2D eigenvalue weighted by molar-refractivity contribution is 0.450. The molecule has 0 fully saturated rings. The monoisotopic (exact) mass is 353 g/mol. The van der Waals surface area contributed by atoms with Crippen LogP contribution in [0, 0.1) is 0 Å². The van der Waals surface area contributed by atoms with Gasteiger partial charge in [-0.1, -0.05) is 24.3 Å². The van der Waals surface area contributed by atoms with Crippen LogP contribution in [-0.4, -0.2) is 40.6 Å². The molecule has 0 amide bonds. The van der Waals surface area contributed by atoms with Crippen molar-refractivity contribution in [3.05, 3.63) is 53.6 Å². The fraction of sp³-hybridized carbons (Fsp3) is 0.125. The minimum atomic E-state index is -3.80. The normalized spacial score (nSPS) is 11.1. The quantitative estimate of drug-likeness (QED) is 0.417. The van der Waals surface area contributed by atoms with Crippen LogP contribution in [0.5, 0.6) is 17.2 Å². The average molecular weight is 353 g/mol. The number of benzene rings is 2. The molecule has 0 aliphatic heterocycles. The Morgan fingerprint density at radius 1 is 0.833 bits per heavy atom. The number of rotatable bonds is 4. The number of phenols is 3. The largest absolute Gasteiger partial charge is 0.508 e. The summed E-state index contributed by atoms with van der Waals surface area (Å²) in [5.41, 5.74) is 6.40. The summed E-state index contributed by atoms with van der Waals surface area (Å²) < 4.78 is 27.3. The Balaban J connectivity index is 0.000000351. The van der Waals surface area contributed by atoms with E-state index in [0.717, 1.165) is 5.56 Å². The van der Waals surface area contributed by atoms with Crippen LogP contribution in [0.4, 0.5) is 0 Å². The van der Waals surface area contributed by atoms with Gasteiger partial charge < -0.3 is 21.1 Å². The molecule has 0 atom stereocenters. The molecule has 0 aromatic heterocycles. The lowest BCUT2D eigenvalue weighted by Gasteiger charge is -1.98. The lowest BCUT2D eigenvalue weighted by Crippen LogP contribution is -2.13. The van der Waals surface area contributed by atoms with Gasteiger partial charge in [-0.15, -0.1) is 0 Å². The van der Waals surface area contributed by atoms with E-state index in [-0.39, 0.29) is 29.5 Å². The first kappa shape index (κ1) is 19.5. The van der Waals surface area contributed by atoms with Crippen molar-refractivity contribution in [2.75, 3.05) is 12.3 Å². The minimum Gasteiger partial charge on any atom is -0.508 e. The summed E-state index contributed by atoms with van der Waals surface area (Å²) in [6.07, 6.45) is 3.60. The third kappa shape index (κ3) is 8.18. The zero-order chi connectivity index (χ0) is 18.2. The van der Waals surface area contributed by atoms with E-state index >= 15 is 0 Å². The van der Waals surface area contributed by atoms with Crippen molar-refractivity contribution in [1.82, 2.24) is 0 Å². The molecule has 24 heavy (non-hydrogen) atoms. The van der Waals surface area contributed by atoms with Gasteiger partial charge in [-0.3, -0.25) is 4.55 Å². The maximum absolute atomic E-state index is 9.71. The van der Waals surface area contributed by atoms with E-state index in [1.54, 1.807) is 42.5 Å². The zero-order valence-electron chi connectivity index (χ0n) is 12.7. The van der Waals surface area contributed by atoms with Gasteiger partial charge in [-0.05, 0) is 35.4 Å². The third-order valence-corrected chi connectivity index (χ3v) is 3.41. The molecule has 6 N–H and O–H groups in total. The van der Waals surface area contributed by atoms with Gasteiger partial charge in [-0.2, -0.15) is 8.42 Å². The maximum Gasteiger partial charge on any atom is 0.266 e. The molecule has 130 valence electrons. The second-order valence-corrected chi connectivity index (χ2v) is 6.35. The van der Waals surface area contributed by atoms with Crippen LogP contribution in [0.25, 0.3) is 12.2 Å². The van der Waals surface area contributed by atoms with Gasteiger partial charge >= 0.3 is 0 Å². The number of hydrogen-bond donors (Lipinski definition) is 5. The van der Waals surface area contributed by atoms with Crippen molar-refractivity contribution in [1.29, 1.82) is 0 Å². The highest BCUT2D eigenvalue weighted by Crippen LogP contribution is 2.22. The van der Waals surface area contributed by atoms with Crippen LogP contribution in [0.15, 0.2) is 42.5 Å². The van der Waals surface area contributed by atoms with Gasteiger partial charge in [0.15, 0.2) is 0 Å². The smallest absolute Gasteiger partial charge is 0.266 e. The summed E-state index contributed by atoms with van der Waals surface area (Å²) in [6, 6.07) is 11.1. The summed E-state index contributed by atoms with van der Waals surface area (Å²) in [5.74, 6) is -0.0876. The number of aromatic hydroxyl groups is 3. The molecule has 2 aromatic carbocycles. The van der Waals surface area contributed by atoms with Gasteiger partial charge in [0.2, 0.25) is 0 Å². The third-order valence-electron chi connectivity index (χ3n) is 2.66. The molecule has 0 saturated carbocycles. The van der Waals surface area contributed by atoms with E-state index in [9.17, 15) is 18.6 Å². The molecule has 0 saturated heterocycles. The van der Waals surface area contributed by atoms with Crippen molar-refractivity contribution in [3.8, 4) is 17.2 Å². The first-order valence-electron chi connectivity index (χ1n) is 6.85. The van der Waals surface area contributed by atoms with Crippen LogP contribution in [0.2, 0.25) is 0 Å². The molecule has 2 aromatic rings. The Hall–Kier alpha value is -2.55. The SMILES string of the molecule is NCCS(=O)(=O)O.Oc1ccc(C=Cc2cc(O)cc(O)c2)cc1. The predicted molar refractivity (Wildman–Crippen MR) is 92.3 cm³/mol. The Morgan fingerprint density at radius 2 is 1.33 bits per heavy atom. The van der Waals surface area contributed by atoms with Gasteiger partial charge in [0.25, 0.3) is 10.1 Å². The minimum absolute atomic E-state index is 0.0235. The highest BCUT2D eigenvalue weighted by atomic mass is 32.2. The zero-order valence-corrected chi connectivity index (χ0v) is 13.5. The van der Waals surface area contributed by atoms with Crippen molar-refractivity contribution in [2.45, 2.75) is 0 Å². The van der Waals surface area contributed by atoms with Gasteiger partial charge in [0, 0.05) is 12.6 Å². The fourth-order valence-corrected chi connectivity index (χ4v) is 1.94. The van der Waals surface area contributed by atoms with Crippen LogP contribution in [-0.2, 0) is 10.1 Å². The molecular weight excluding hydrogens is 334 g/mol. The standard InChI is InChI=1S/C14H12O3.C2H7NO3S/c15-12-5-3-10(4-6-12)1-2-11-7-13(16)9-14(17)8-11;3-1-2-7(4,5)6/h1-9,15-17H;1-3H2,(H,4,5,6). The van der Waals surface area contributed by atoms with E-state index in [4.69, 9.17) is 15.4 Å². The van der Waals surface area contributed by atoms with Crippen molar-refractivity contribution < 1.29 is 28.3 Å². The van der Waals surface area contributed by atoms with E-state index in [2.05, 4.69) is 0 Å². The highest BCUT2D eigenvalue weighted by molar-refractivity contribution is 7.85. The molecule has 7 nitrogen and oxygen atoms in total. The summed E-state index contributed by atoms with van der Waals surface area (Å²) in [5, 5.41) is 27.7. The topological polar surface area (TPSA) is 141 Å². The van der Waals surface area contributed by atoms with Crippen molar-refractivity contribution in [3.63, 3.8) is 0 Å². The molecule has 0 radical (unpaired) electrons. The number of hydrogen-bond acceptors (Lipinski definition) is 6. The second-order valence-electron chi connectivity index (χ2n) is 4.78. The molecule has 0 bridgehead atoms. The molecule has 8 heteroatoms. The number of phenolic OH excluding ortho intramolecular Hbond substituents is 3. The second kappa shape index (κ2) is 8.92. The molecule has 0 spiro atoms. The van der Waals surface area contributed by atoms with Gasteiger partial charge in [0.05, 0.1) is 5.75 Å². The van der Waals surface area contributed by atoms with Crippen LogP contribution >= 0.6 is 0 Å². The summed E-state index contributed by atoms with van der Waals surface area (Å²) in [7, 11) is -3.80. The Kier molecular flexibility index (Phi) is 7.25. The molecule has 2 rings (SSSR count). The Bertz CT molecular complexity index is 764. The van der Waals surface area contributed by atoms with Crippen LogP contribution in [0.3, 0.4) is 0 Å². The average Bonchev–Trinajstić information content (AvgIpc) is 2.45. The highest BCUT2D eigenvalue weighted by Gasteiger charge is 1.98. The van der Waals surface area contributed by atoms with Crippen molar-refractivity contribution >= 4 is 22.3 Å². The van der Waals surface area contributed by atoms with Gasteiger partial charge in [-0.25, -0.2) is 0 Å². The van der Waals surface area contributed by atoms with Crippen molar-refractivity contribution in [2.24, 2.45) is 5.73 Å².